The largest absolute Gasteiger partial charge is 0.362 e. The van der Waals surface area contributed by atoms with Gasteiger partial charge in [0.2, 0.25) is 10.0 Å². The van der Waals surface area contributed by atoms with E-state index in [1.165, 1.54) is 18.4 Å². The van der Waals surface area contributed by atoms with E-state index in [9.17, 15) is 8.42 Å². The SMILES string of the molecule is CC(C)NC(=S)NCCS(=O)(=O)N(C)C. The smallest absolute Gasteiger partial charge is 0.215 e. The fraction of sp³-hybridized carbons (Fsp3) is 0.875. The van der Waals surface area contributed by atoms with Gasteiger partial charge in [0.15, 0.2) is 5.11 Å². The van der Waals surface area contributed by atoms with Crippen LogP contribution >= 0.6 is 12.2 Å². The van der Waals surface area contributed by atoms with Gasteiger partial charge >= 0.3 is 0 Å². The van der Waals surface area contributed by atoms with Crippen LogP contribution in [-0.4, -0.2) is 50.3 Å². The third kappa shape index (κ3) is 6.64. The first-order valence-electron chi connectivity index (χ1n) is 4.70. The molecule has 0 aromatic rings. The van der Waals surface area contributed by atoms with Gasteiger partial charge < -0.3 is 10.6 Å². The Morgan fingerprint density at radius 3 is 2.33 bits per heavy atom. The monoisotopic (exact) mass is 253 g/mol. The lowest BCUT2D eigenvalue weighted by atomic mass is 10.4. The van der Waals surface area contributed by atoms with Gasteiger partial charge in [0.1, 0.15) is 0 Å². The molecule has 7 heteroatoms. The second-order valence-electron chi connectivity index (χ2n) is 3.65. The summed E-state index contributed by atoms with van der Waals surface area (Å²) >= 11 is 4.95. The van der Waals surface area contributed by atoms with Crippen LogP contribution in [0.4, 0.5) is 0 Å². The third-order valence-corrected chi connectivity index (χ3v) is 3.72. The fourth-order valence-electron chi connectivity index (χ4n) is 0.789. The van der Waals surface area contributed by atoms with Crippen molar-refractivity contribution >= 4 is 27.4 Å². The molecule has 5 nitrogen and oxygen atoms in total. The fourth-order valence-corrected chi connectivity index (χ4v) is 1.85. The predicted octanol–water partition coefficient (Wildman–Crippen LogP) is -0.250. The summed E-state index contributed by atoms with van der Waals surface area (Å²) in [4.78, 5) is 0. The standard InChI is InChI=1S/C8H19N3O2S2/c1-7(2)10-8(14)9-5-6-15(12,13)11(3)4/h7H,5-6H2,1-4H3,(H2,9,10,14). The van der Waals surface area contributed by atoms with Crippen molar-refractivity contribution < 1.29 is 8.42 Å². The minimum absolute atomic E-state index is 0.0416. The summed E-state index contributed by atoms with van der Waals surface area (Å²) in [6, 6.07) is 0.246. The van der Waals surface area contributed by atoms with Crippen molar-refractivity contribution in [1.29, 1.82) is 0 Å². The first-order chi connectivity index (χ1) is 6.75. The number of thiocarbonyl (C=S) groups is 1. The summed E-state index contributed by atoms with van der Waals surface area (Å²) in [5.74, 6) is 0.0416. The maximum Gasteiger partial charge on any atom is 0.215 e. The number of rotatable bonds is 5. The van der Waals surface area contributed by atoms with E-state index in [0.29, 0.717) is 11.7 Å². The normalized spacial score (nSPS) is 11.9. The summed E-state index contributed by atoms with van der Waals surface area (Å²) in [5, 5.41) is 6.29. The van der Waals surface area contributed by atoms with Crippen LogP contribution in [0.1, 0.15) is 13.8 Å². The van der Waals surface area contributed by atoms with E-state index in [1.807, 2.05) is 13.8 Å². The molecule has 0 unspecified atom stereocenters. The maximum absolute atomic E-state index is 11.4. The molecule has 0 aliphatic rings. The summed E-state index contributed by atoms with van der Waals surface area (Å²) in [7, 11) is -0.111. The first-order valence-corrected chi connectivity index (χ1v) is 6.72. The van der Waals surface area contributed by atoms with Gasteiger partial charge in [-0.05, 0) is 26.1 Å². The molecule has 0 atom stereocenters. The Labute approximate surface area is 97.3 Å². The second kappa shape index (κ2) is 6.24. The van der Waals surface area contributed by atoms with Gasteiger partial charge in [0.05, 0.1) is 5.75 Å². The highest BCUT2D eigenvalue weighted by molar-refractivity contribution is 7.89. The molecule has 0 rings (SSSR count). The van der Waals surface area contributed by atoms with Crippen LogP contribution in [-0.2, 0) is 10.0 Å². The molecule has 0 fully saturated rings. The Morgan fingerprint density at radius 1 is 1.40 bits per heavy atom. The lowest BCUT2D eigenvalue weighted by Crippen LogP contribution is -2.42. The van der Waals surface area contributed by atoms with Gasteiger partial charge in [-0.25, -0.2) is 12.7 Å². The van der Waals surface area contributed by atoms with Crippen molar-refractivity contribution in [3.8, 4) is 0 Å². The van der Waals surface area contributed by atoms with E-state index in [1.54, 1.807) is 0 Å². The summed E-state index contributed by atoms with van der Waals surface area (Å²) in [6.45, 7) is 4.24. The minimum Gasteiger partial charge on any atom is -0.362 e. The summed E-state index contributed by atoms with van der Waals surface area (Å²) in [6.07, 6.45) is 0. The molecule has 0 saturated heterocycles. The number of sulfonamides is 1. The second-order valence-corrected chi connectivity index (χ2v) is 6.36. The molecule has 0 aliphatic carbocycles. The predicted molar refractivity (Wildman–Crippen MR) is 66.3 cm³/mol. The zero-order valence-corrected chi connectivity index (χ0v) is 11.2. The van der Waals surface area contributed by atoms with E-state index in [-0.39, 0.29) is 11.8 Å². The highest BCUT2D eigenvalue weighted by Crippen LogP contribution is 1.91. The van der Waals surface area contributed by atoms with E-state index < -0.39 is 10.0 Å². The third-order valence-electron chi connectivity index (χ3n) is 1.62. The van der Waals surface area contributed by atoms with E-state index in [0.717, 1.165) is 0 Å². The quantitative estimate of drug-likeness (QED) is 0.662. The molecule has 2 N–H and O–H groups in total. The van der Waals surface area contributed by atoms with Gasteiger partial charge in [-0.3, -0.25) is 0 Å². The van der Waals surface area contributed by atoms with E-state index in [2.05, 4.69) is 10.6 Å². The van der Waals surface area contributed by atoms with Gasteiger partial charge in [-0.15, -0.1) is 0 Å². The number of nitrogens with zero attached hydrogens (tertiary/aromatic N) is 1. The van der Waals surface area contributed by atoms with Crippen LogP contribution < -0.4 is 10.6 Å². The van der Waals surface area contributed by atoms with E-state index in [4.69, 9.17) is 12.2 Å². The Kier molecular flexibility index (Phi) is 6.07. The molecular weight excluding hydrogens is 234 g/mol. The lowest BCUT2D eigenvalue weighted by molar-refractivity contribution is 0.520. The van der Waals surface area contributed by atoms with Crippen LogP contribution in [0.3, 0.4) is 0 Å². The van der Waals surface area contributed by atoms with Crippen molar-refractivity contribution in [3.63, 3.8) is 0 Å². The van der Waals surface area contributed by atoms with Gasteiger partial charge in [0, 0.05) is 26.7 Å². The molecule has 0 heterocycles. The zero-order chi connectivity index (χ0) is 12.1. The molecule has 0 amide bonds. The van der Waals surface area contributed by atoms with Crippen molar-refractivity contribution in [1.82, 2.24) is 14.9 Å². The maximum atomic E-state index is 11.4. The molecule has 0 spiro atoms. The topological polar surface area (TPSA) is 61.4 Å². The molecule has 0 aromatic carbocycles. The summed E-state index contributed by atoms with van der Waals surface area (Å²) < 4.78 is 23.9. The van der Waals surface area contributed by atoms with Crippen molar-refractivity contribution in [2.24, 2.45) is 0 Å². The van der Waals surface area contributed by atoms with Crippen LogP contribution in [0.25, 0.3) is 0 Å². The molecule has 0 aromatic heterocycles. The minimum atomic E-state index is -3.14. The van der Waals surface area contributed by atoms with E-state index >= 15 is 0 Å². The number of hydrogen-bond donors (Lipinski definition) is 2. The average Bonchev–Trinajstić information content (AvgIpc) is 2.01. The van der Waals surface area contributed by atoms with Gasteiger partial charge in [0.25, 0.3) is 0 Å². The number of nitrogens with one attached hydrogen (secondary N) is 2. The Morgan fingerprint density at radius 2 is 1.93 bits per heavy atom. The Balaban J connectivity index is 3.86. The Hall–Kier alpha value is -0.400. The zero-order valence-electron chi connectivity index (χ0n) is 9.57. The van der Waals surface area contributed by atoms with Crippen LogP contribution in [0.2, 0.25) is 0 Å². The molecule has 15 heavy (non-hydrogen) atoms. The molecule has 90 valence electrons. The van der Waals surface area contributed by atoms with Crippen molar-refractivity contribution in [2.75, 3.05) is 26.4 Å². The van der Waals surface area contributed by atoms with Crippen LogP contribution in [0.5, 0.6) is 0 Å². The number of hydrogen-bond acceptors (Lipinski definition) is 3. The van der Waals surface area contributed by atoms with Crippen molar-refractivity contribution in [2.45, 2.75) is 19.9 Å². The van der Waals surface area contributed by atoms with Gasteiger partial charge in [-0.1, -0.05) is 0 Å². The van der Waals surface area contributed by atoms with Crippen molar-refractivity contribution in [3.05, 3.63) is 0 Å². The molecular formula is C8H19N3O2S2. The van der Waals surface area contributed by atoms with Crippen LogP contribution in [0, 0.1) is 0 Å². The highest BCUT2D eigenvalue weighted by Gasteiger charge is 2.12. The first kappa shape index (κ1) is 14.6. The molecule has 0 bridgehead atoms. The molecule has 0 radical (unpaired) electrons. The average molecular weight is 253 g/mol. The molecule has 0 saturated carbocycles. The Bertz CT molecular complexity index is 299. The molecule has 0 aliphatic heterocycles. The highest BCUT2D eigenvalue weighted by atomic mass is 32.2. The lowest BCUT2D eigenvalue weighted by Gasteiger charge is -2.14. The van der Waals surface area contributed by atoms with Crippen LogP contribution in [0.15, 0.2) is 0 Å². The van der Waals surface area contributed by atoms with Gasteiger partial charge in [-0.2, -0.15) is 0 Å². The summed E-state index contributed by atoms with van der Waals surface area (Å²) in [5.41, 5.74) is 0.